The van der Waals surface area contributed by atoms with Crippen molar-refractivity contribution in [3.63, 3.8) is 0 Å². The van der Waals surface area contributed by atoms with Gasteiger partial charge in [0, 0.05) is 43.9 Å². The first kappa shape index (κ1) is 22.7. The number of amides is 3. The van der Waals surface area contributed by atoms with Crippen molar-refractivity contribution in [2.75, 3.05) is 18.4 Å². The number of nitrogens with one attached hydrogen (secondary N) is 2. The van der Waals surface area contributed by atoms with E-state index < -0.39 is 0 Å². The SMILES string of the molecule is O=C(CCc1nc2ccccc2n1-c1ccccc1)NCc1cccc(NC(=O)N2CCCC2)c1. The fourth-order valence-corrected chi connectivity index (χ4v) is 4.50. The van der Waals surface area contributed by atoms with Crippen molar-refractivity contribution in [2.45, 2.75) is 32.2 Å². The summed E-state index contributed by atoms with van der Waals surface area (Å²) in [7, 11) is 0. The Balaban J connectivity index is 1.20. The van der Waals surface area contributed by atoms with E-state index in [1.807, 2.05) is 83.8 Å². The molecule has 1 aromatic heterocycles. The molecule has 7 heteroatoms. The number of para-hydroxylation sites is 3. The quantitative estimate of drug-likeness (QED) is 0.406. The molecule has 0 unspecified atom stereocenters. The van der Waals surface area contributed by atoms with Gasteiger partial charge in [-0.25, -0.2) is 9.78 Å². The Kier molecular flexibility index (Phi) is 6.75. The number of urea groups is 1. The van der Waals surface area contributed by atoms with Crippen LogP contribution >= 0.6 is 0 Å². The van der Waals surface area contributed by atoms with E-state index in [0.717, 1.165) is 59.7 Å². The minimum atomic E-state index is -0.0648. The predicted molar refractivity (Wildman–Crippen MR) is 138 cm³/mol. The standard InChI is InChI=1S/C28H29N5O2/c34-27(29-20-21-9-8-10-22(19-21)30-28(35)32-17-6-7-18-32)16-15-26-31-24-13-4-5-14-25(24)33(26)23-11-2-1-3-12-23/h1-5,8-14,19H,6-7,15-18,20H2,(H,29,34)(H,30,35). The molecule has 2 heterocycles. The van der Waals surface area contributed by atoms with Crippen LogP contribution in [0.2, 0.25) is 0 Å². The highest BCUT2D eigenvalue weighted by atomic mass is 16.2. The van der Waals surface area contributed by atoms with Crippen LogP contribution in [-0.4, -0.2) is 39.5 Å². The largest absolute Gasteiger partial charge is 0.352 e. The minimum Gasteiger partial charge on any atom is -0.352 e. The van der Waals surface area contributed by atoms with Gasteiger partial charge in [0.05, 0.1) is 11.0 Å². The highest BCUT2D eigenvalue weighted by Gasteiger charge is 2.18. The Morgan fingerprint density at radius 3 is 2.49 bits per heavy atom. The molecule has 0 bridgehead atoms. The van der Waals surface area contributed by atoms with Gasteiger partial charge >= 0.3 is 6.03 Å². The Labute approximate surface area is 204 Å². The highest BCUT2D eigenvalue weighted by Crippen LogP contribution is 2.22. The Hall–Kier alpha value is -4.13. The molecule has 5 rings (SSSR count). The van der Waals surface area contributed by atoms with Crippen molar-refractivity contribution in [1.82, 2.24) is 19.8 Å². The molecule has 0 saturated carbocycles. The van der Waals surface area contributed by atoms with Gasteiger partial charge in [-0.05, 0) is 54.8 Å². The van der Waals surface area contributed by atoms with E-state index in [4.69, 9.17) is 4.98 Å². The number of benzene rings is 3. The van der Waals surface area contributed by atoms with E-state index in [0.29, 0.717) is 19.4 Å². The van der Waals surface area contributed by atoms with Crippen molar-refractivity contribution in [3.05, 3.63) is 90.3 Å². The lowest BCUT2D eigenvalue weighted by atomic mass is 10.2. The molecule has 35 heavy (non-hydrogen) atoms. The number of aryl methyl sites for hydroxylation is 1. The van der Waals surface area contributed by atoms with Crippen LogP contribution in [0.15, 0.2) is 78.9 Å². The Morgan fingerprint density at radius 1 is 0.886 bits per heavy atom. The molecule has 1 aliphatic rings. The number of nitrogens with zero attached hydrogens (tertiary/aromatic N) is 3. The second-order valence-electron chi connectivity index (χ2n) is 8.79. The lowest BCUT2D eigenvalue weighted by Gasteiger charge is -2.16. The van der Waals surface area contributed by atoms with Crippen LogP contribution < -0.4 is 10.6 Å². The molecule has 3 amide bonds. The average Bonchev–Trinajstić information content (AvgIpc) is 3.55. The van der Waals surface area contributed by atoms with Gasteiger partial charge in [0.2, 0.25) is 5.91 Å². The highest BCUT2D eigenvalue weighted by molar-refractivity contribution is 5.89. The first-order valence-corrected chi connectivity index (χ1v) is 12.1. The topological polar surface area (TPSA) is 79.3 Å². The smallest absolute Gasteiger partial charge is 0.321 e. The summed E-state index contributed by atoms with van der Waals surface area (Å²) < 4.78 is 2.12. The summed E-state index contributed by atoms with van der Waals surface area (Å²) in [4.78, 5) is 31.6. The maximum Gasteiger partial charge on any atom is 0.321 e. The molecule has 3 aromatic carbocycles. The van der Waals surface area contributed by atoms with Crippen LogP contribution in [-0.2, 0) is 17.8 Å². The Morgan fingerprint density at radius 2 is 1.66 bits per heavy atom. The summed E-state index contributed by atoms with van der Waals surface area (Å²) in [6.45, 7) is 2.01. The predicted octanol–water partition coefficient (Wildman–Crippen LogP) is 4.90. The monoisotopic (exact) mass is 467 g/mol. The lowest BCUT2D eigenvalue weighted by molar-refractivity contribution is -0.121. The fourth-order valence-electron chi connectivity index (χ4n) is 4.50. The number of fused-ring (bicyclic) bond motifs is 1. The van der Waals surface area contributed by atoms with Crippen LogP contribution in [0.4, 0.5) is 10.5 Å². The third-order valence-electron chi connectivity index (χ3n) is 6.28. The molecule has 4 aromatic rings. The van der Waals surface area contributed by atoms with Crippen LogP contribution in [0, 0.1) is 0 Å². The average molecular weight is 468 g/mol. The molecule has 1 saturated heterocycles. The van der Waals surface area contributed by atoms with Gasteiger partial charge in [-0.15, -0.1) is 0 Å². The number of hydrogen-bond donors (Lipinski definition) is 2. The lowest BCUT2D eigenvalue weighted by Crippen LogP contribution is -2.32. The molecule has 1 aliphatic heterocycles. The van der Waals surface area contributed by atoms with E-state index in [2.05, 4.69) is 15.2 Å². The Bertz CT molecular complexity index is 1330. The summed E-state index contributed by atoms with van der Waals surface area (Å²) in [5, 5.41) is 5.96. The zero-order chi connectivity index (χ0) is 24.0. The van der Waals surface area contributed by atoms with E-state index in [-0.39, 0.29) is 11.9 Å². The minimum absolute atomic E-state index is 0.0387. The zero-order valence-corrected chi connectivity index (χ0v) is 19.6. The summed E-state index contributed by atoms with van der Waals surface area (Å²) in [6, 6.07) is 25.7. The van der Waals surface area contributed by atoms with Crippen molar-refractivity contribution < 1.29 is 9.59 Å². The maximum absolute atomic E-state index is 12.7. The molecule has 178 valence electrons. The molecule has 7 nitrogen and oxygen atoms in total. The summed E-state index contributed by atoms with van der Waals surface area (Å²) >= 11 is 0. The van der Waals surface area contributed by atoms with Gasteiger partial charge in [0.1, 0.15) is 5.82 Å². The van der Waals surface area contributed by atoms with Crippen molar-refractivity contribution in [2.24, 2.45) is 0 Å². The summed E-state index contributed by atoms with van der Waals surface area (Å²) in [6.07, 6.45) is 2.98. The normalized spacial score (nSPS) is 13.2. The molecule has 0 aliphatic carbocycles. The second-order valence-corrected chi connectivity index (χ2v) is 8.79. The number of rotatable bonds is 7. The van der Waals surface area contributed by atoms with Gasteiger partial charge in [0.25, 0.3) is 0 Å². The van der Waals surface area contributed by atoms with Gasteiger partial charge in [0.15, 0.2) is 0 Å². The molecule has 1 fully saturated rings. The molecule has 0 spiro atoms. The second kappa shape index (κ2) is 10.4. The third-order valence-corrected chi connectivity index (χ3v) is 6.28. The molecule has 0 atom stereocenters. The summed E-state index contributed by atoms with van der Waals surface area (Å²) in [5.41, 5.74) is 4.66. The third kappa shape index (κ3) is 5.35. The van der Waals surface area contributed by atoms with Crippen LogP contribution in [0.1, 0.15) is 30.7 Å². The number of likely N-dealkylation sites (tertiary alicyclic amines) is 1. The van der Waals surface area contributed by atoms with Gasteiger partial charge in [-0.1, -0.05) is 42.5 Å². The van der Waals surface area contributed by atoms with Gasteiger partial charge in [-0.3, -0.25) is 9.36 Å². The number of carbonyl (C=O) groups is 2. The first-order chi connectivity index (χ1) is 17.2. The van der Waals surface area contributed by atoms with Crippen LogP contribution in [0.5, 0.6) is 0 Å². The van der Waals surface area contributed by atoms with E-state index in [9.17, 15) is 9.59 Å². The van der Waals surface area contributed by atoms with E-state index >= 15 is 0 Å². The van der Waals surface area contributed by atoms with Crippen molar-refractivity contribution in [1.29, 1.82) is 0 Å². The van der Waals surface area contributed by atoms with Crippen LogP contribution in [0.25, 0.3) is 16.7 Å². The number of carbonyl (C=O) groups excluding carboxylic acids is 2. The van der Waals surface area contributed by atoms with Gasteiger partial charge < -0.3 is 15.5 Å². The van der Waals surface area contributed by atoms with E-state index in [1.165, 1.54) is 0 Å². The maximum atomic E-state index is 12.7. The van der Waals surface area contributed by atoms with Crippen LogP contribution in [0.3, 0.4) is 0 Å². The number of aromatic nitrogens is 2. The summed E-state index contributed by atoms with van der Waals surface area (Å²) in [5.74, 6) is 0.822. The number of anilines is 1. The molecular formula is C28H29N5O2. The van der Waals surface area contributed by atoms with Crippen molar-refractivity contribution in [3.8, 4) is 5.69 Å². The van der Waals surface area contributed by atoms with E-state index in [1.54, 1.807) is 0 Å². The van der Waals surface area contributed by atoms with Gasteiger partial charge in [-0.2, -0.15) is 0 Å². The molecular weight excluding hydrogens is 438 g/mol. The first-order valence-electron chi connectivity index (χ1n) is 12.1. The number of imidazole rings is 1. The molecule has 2 N–H and O–H groups in total. The number of hydrogen-bond acceptors (Lipinski definition) is 3. The fraction of sp³-hybridized carbons (Fsp3) is 0.250. The zero-order valence-electron chi connectivity index (χ0n) is 19.6. The van der Waals surface area contributed by atoms with Crippen molar-refractivity contribution >= 4 is 28.7 Å². The molecule has 0 radical (unpaired) electrons.